The number of unbranched alkanes of at least 4 members (excludes halogenated alkanes) is 1. The van der Waals surface area contributed by atoms with Crippen molar-refractivity contribution in [3.05, 3.63) is 29.8 Å². The Balaban J connectivity index is 2.00. The predicted octanol–water partition coefficient (Wildman–Crippen LogP) is 2.52. The fraction of sp³-hybridized carbons (Fsp3) is 0.611. The van der Waals surface area contributed by atoms with Gasteiger partial charge in [0.25, 0.3) is 0 Å². The summed E-state index contributed by atoms with van der Waals surface area (Å²) in [6, 6.07) is 6.61. The van der Waals surface area contributed by atoms with Crippen molar-refractivity contribution in [2.75, 3.05) is 26.0 Å². The van der Waals surface area contributed by atoms with E-state index in [1.165, 1.54) is 0 Å². The molecule has 1 fully saturated rings. The van der Waals surface area contributed by atoms with Crippen LogP contribution in [0.4, 0.5) is 4.79 Å². The summed E-state index contributed by atoms with van der Waals surface area (Å²) in [6.45, 7) is 4.44. The maximum absolute atomic E-state index is 12.5. The molecule has 1 aliphatic rings. The molecule has 26 heavy (non-hydrogen) atoms. The van der Waals surface area contributed by atoms with E-state index in [4.69, 9.17) is 8.92 Å². The van der Waals surface area contributed by atoms with Crippen LogP contribution in [0.3, 0.4) is 0 Å². The van der Waals surface area contributed by atoms with Gasteiger partial charge in [-0.05, 0) is 37.0 Å². The van der Waals surface area contributed by atoms with Gasteiger partial charge in [-0.25, -0.2) is 4.79 Å². The first-order valence-electron chi connectivity index (χ1n) is 9.00. The molecular formula is C18H28N2O5S. The van der Waals surface area contributed by atoms with Crippen LogP contribution < -0.4 is 9.50 Å². The smallest absolute Gasteiger partial charge is 0.317 e. The van der Waals surface area contributed by atoms with E-state index in [-0.39, 0.29) is 17.9 Å². The Hall–Kier alpha value is -1.80. The first-order valence-corrected chi connectivity index (χ1v) is 10.8. The van der Waals surface area contributed by atoms with E-state index in [2.05, 4.69) is 12.2 Å². The molecule has 0 aliphatic carbocycles. The van der Waals surface area contributed by atoms with Crippen LogP contribution in [0.1, 0.15) is 38.2 Å². The molecule has 0 spiro atoms. The second kappa shape index (κ2) is 9.78. The summed E-state index contributed by atoms with van der Waals surface area (Å²) < 4.78 is 32.9. The minimum Gasteiger partial charge on any atom is -0.383 e. The van der Waals surface area contributed by atoms with Crippen LogP contribution in [-0.2, 0) is 21.4 Å². The summed E-state index contributed by atoms with van der Waals surface area (Å²) in [5.41, 5.74) is 0.898. The normalized spacial score (nSPS) is 17.1. The Morgan fingerprint density at radius 3 is 2.65 bits per heavy atom. The molecule has 1 unspecified atom stereocenters. The van der Waals surface area contributed by atoms with Gasteiger partial charge in [0.2, 0.25) is 0 Å². The lowest BCUT2D eigenvalue weighted by Crippen LogP contribution is -2.43. The number of carbonyl (C=O) groups excluding carboxylic acids is 1. The van der Waals surface area contributed by atoms with E-state index < -0.39 is 10.1 Å². The zero-order valence-electron chi connectivity index (χ0n) is 15.4. The largest absolute Gasteiger partial charge is 0.383 e. The van der Waals surface area contributed by atoms with Crippen LogP contribution >= 0.6 is 0 Å². The maximum Gasteiger partial charge on any atom is 0.317 e. The summed E-state index contributed by atoms with van der Waals surface area (Å²) in [5, 5.41) is 2.95. The Bertz CT molecular complexity index is 669. The lowest BCUT2D eigenvalue weighted by atomic mass is 10.2. The van der Waals surface area contributed by atoms with Gasteiger partial charge in [-0.15, -0.1) is 0 Å². The molecule has 2 amide bonds. The van der Waals surface area contributed by atoms with Crippen molar-refractivity contribution in [1.82, 2.24) is 10.2 Å². The zero-order chi connectivity index (χ0) is 19.0. The van der Waals surface area contributed by atoms with Crippen molar-refractivity contribution >= 4 is 16.1 Å². The van der Waals surface area contributed by atoms with E-state index >= 15 is 0 Å². The maximum atomic E-state index is 12.5. The topological polar surface area (TPSA) is 84.9 Å². The minimum absolute atomic E-state index is 0.0692. The molecule has 7 nitrogen and oxygen atoms in total. The number of nitrogens with zero attached hydrogens (tertiary/aromatic N) is 1. The van der Waals surface area contributed by atoms with Gasteiger partial charge in [-0.3, -0.25) is 0 Å². The molecular weight excluding hydrogens is 356 g/mol. The first kappa shape index (κ1) is 20.5. The number of amides is 2. The quantitative estimate of drug-likeness (QED) is 0.522. The Morgan fingerprint density at radius 1 is 1.35 bits per heavy atom. The Kier molecular flexibility index (Phi) is 7.71. The molecule has 0 aromatic heterocycles. The lowest BCUT2D eigenvalue weighted by Gasteiger charge is -2.26. The van der Waals surface area contributed by atoms with Crippen molar-refractivity contribution in [3.8, 4) is 5.75 Å². The van der Waals surface area contributed by atoms with Gasteiger partial charge >= 0.3 is 16.1 Å². The third-order valence-electron chi connectivity index (χ3n) is 4.09. The monoisotopic (exact) mass is 384 g/mol. The second-order valence-electron chi connectivity index (χ2n) is 6.53. The summed E-state index contributed by atoms with van der Waals surface area (Å²) >= 11 is 0. The fourth-order valence-electron chi connectivity index (χ4n) is 2.78. The molecule has 1 N–H and O–H groups in total. The van der Waals surface area contributed by atoms with Gasteiger partial charge in [0, 0.05) is 26.2 Å². The minimum atomic E-state index is -3.55. The molecule has 1 heterocycles. The number of carbonyl (C=O) groups is 1. The van der Waals surface area contributed by atoms with E-state index in [0.29, 0.717) is 19.6 Å². The van der Waals surface area contributed by atoms with Crippen LogP contribution in [0.25, 0.3) is 0 Å². The number of hydrogen-bond acceptors (Lipinski definition) is 5. The molecule has 0 saturated carbocycles. The second-order valence-corrected chi connectivity index (χ2v) is 8.11. The van der Waals surface area contributed by atoms with Crippen LogP contribution in [0.15, 0.2) is 24.3 Å². The van der Waals surface area contributed by atoms with Crippen molar-refractivity contribution in [3.63, 3.8) is 0 Å². The predicted molar refractivity (Wildman–Crippen MR) is 99.6 cm³/mol. The molecule has 0 bridgehead atoms. The molecule has 2 rings (SSSR count). The number of rotatable bonds is 9. The Labute approximate surface area is 155 Å². The van der Waals surface area contributed by atoms with Gasteiger partial charge in [-0.2, -0.15) is 8.42 Å². The van der Waals surface area contributed by atoms with Crippen molar-refractivity contribution in [2.45, 2.75) is 45.3 Å². The molecule has 146 valence electrons. The van der Waals surface area contributed by atoms with Crippen LogP contribution in [-0.4, -0.2) is 51.4 Å². The van der Waals surface area contributed by atoms with Crippen molar-refractivity contribution in [1.29, 1.82) is 0 Å². The standard InChI is InChI=1S/C18H28N2O5S/c1-3-4-11-19-18(21)20(14-17-6-5-12-24-17)13-15-7-9-16(10-8-15)25-26(2,22)23/h7-10,17H,3-6,11-14H2,1-2H3,(H,19,21). The van der Waals surface area contributed by atoms with E-state index in [1.807, 2.05) is 0 Å². The summed E-state index contributed by atoms with van der Waals surface area (Å²) in [4.78, 5) is 14.3. The molecule has 1 atom stereocenters. The molecule has 1 saturated heterocycles. The summed E-state index contributed by atoms with van der Waals surface area (Å²) in [7, 11) is -3.55. The van der Waals surface area contributed by atoms with Gasteiger partial charge in [0.15, 0.2) is 0 Å². The molecule has 1 aromatic carbocycles. The van der Waals surface area contributed by atoms with Gasteiger partial charge in [0.1, 0.15) is 5.75 Å². The average Bonchev–Trinajstić information content (AvgIpc) is 3.08. The number of ether oxygens (including phenoxy) is 1. The first-order chi connectivity index (χ1) is 12.4. The van der Waals surface area contributed by atoms with Gasteiger partial charge < -0.3 is 19.1 Å². The molecule has 1 aromatic rings. The molecule has 1 aliphatic heterocycles. The molecule has 8 heteroatoms. The third kappa shape index (κ3) is 7.21. The van der Waals surface area contributed by atoms with Crippen molar-refractivity contribution in [2.24, 2.45) is 0 Å². The summed E-state index contributed by atoms with van der Waals surface area (Å²) in [6.07, 6.45) is 5.02. The van der Waals surface area contributed by atoms with Crippen LogP contribution in [0, 0.1) is 0 Å². The van der Waals surface area contributed by atoms with Crippen LogP contribution in [0.2, 0.25) is 0 Å². The summed E-state index contributed by atoms with van der Waals surface area (Å²) in [5.74, 6) is 0.259. The molecule has 0 radical (unpaired) electrons. The van der Waals surface area contributed by atoms with E-state index in [0.717, 1.165) is 44.1 Å². The van der Waals surface area contributed by atoms with Crippen molar-refractivity contribution < 1.29 is 22.1 Å². The highest BCUT2D eigenvalue weighted by Crippen LogP contribution is 2.18. The lowest BCUT2D eigenvalue weighted by molar-refractivity contribution is 0.0795. The number of nitrogens with one attached hydrogen (secondary N) is 1. The van der Waals surface area contributed by atoms with Crippen LogP contribution in [0.5, 0.6) is 5.75 Å². The fourth-order valence-corrected chi connectivity index (χ4v) is 3.24. The highest BCUT2D eigenvalue weighted by Gasteiger charge is 2.22. The van der Waals surface area contributed by atoms with Gasteiger partial charge in [0.05, 0.1) is 12.4 Å². The number of urea groups is 1. The highest BCUT2D eigenvalue weighted by molar-refractivity contribution is 7.86. The highest BCUT2D eigenvalue weighted by atomic mass is 32.2. The van der Waals surface area contributed by atoms with Gasteiger partial charge in [-0.1, -0.05) is 25.5 Å². The van der Waals surface area contributed by atoms with E-state index in [1.54, 1.807) is 29.2 Å². The number of hydrogen-bond donors (Lipinski definition) is 1. The third-order valence-corrected chi connectivity index (χ3v) is 4.58. The zero-order valence-corrected chi connectivity index (χ0v) is 16.3. The average molecular weight is 384 g/mol. The SMILES string of the molecule is CCCCNC(=O)N(Cc1ccc(OS(C)(=O)=O)cc1)CC1CCCO1. The van der Waals surface area contributed by atoms with E-state index in [9.17, 15) is 13.2 Å². The number of benzene rings is 1. The Morgan fingerprint density at radius 2 is 2.08 bits per heavy atom.